The van der Waals surface area contributed by atoms with Crippen LogP contribution >= 0.6 is 0 Å². The fraction of sp³-hybridized carbons (Fsp3) is 0.917. The van der Waals surface area contributed by atoms with Gasteiger partial charge in [-0.15, -0.1) is 0 Å². The summed E-state index contributed by atoms with van der Waals surface area (Å²) in [7, 11) is 0. The molecule has 1 radical (unpaired) electrons. The highest BCUT2D eigenvalue weighted by molar-refractivity contribution is 5.39. The zero-order chi connectivity index (χ0) is 12.3. The SMILES string of the molecule is CCC(N)(O[C]=O)C(C)(C)CC(C)(C)C. The van der Waals surface area contributed by atoms with Crippen LogP contribution in [-0.4, -0.2) is 12.2 Å². The second-order valence-corrected chi connectivity index (χ2v) is 6.05. The molecule has 3 heteroatoms. The quantitative estimate of drug-likeness (QED) is 0.716. The molecule has 0 heterocycles. The number of ether oxygens (including phenoxy) is 1. The summed E-state index contributed by atoms with van der Waals surface area (Å²) >= 11 is 0. The Labute approximate surface area is 93.4 Å². The average Bonchev–Trinajstić information content (AvgIpc) is 1.99. The highest BCUT2D eigenvalue weighted by Crippen LogP contribution is 2.41. The van der Waals surface area contributed by atoms with Crippen molar-refractivity contribution in [2.75, 3.05) is 0 Å². The maximum absolute atomic E-state index is 10.4. The van der Waals surface area contributed by atoms with Crippen molar-refractivity contribution in [2.45, 2.75) is 60.1 Å². The fourth-order valence-electron chi connectivity index (χ4n) is 2.24. The van der Waals surface area contributed by atoms with Gasteiger partial charge in [-0.3, -0.25) is 5.73 Å². The highest BCUT2D eigenvalue weighted by atomic mass is 16.6. The Bertz CT molecular complexity index is 218. The maximum Gasteiger partial charge on any atom is 0.419 e. The molecule has 1 atom stereocenters. The minimum Gasteiger partial charge on any atom is -0.435 e. The molecule has 2 N–H and O–H groups in total. The van der Waals surface area contributed by atoms with E-state index in [4.69, 9.17) is 10.5 Å². The van der Waals surface area contributed by atoms with E-state index in [0.717, 1.165) is 6.42 Å². The van der Waals surface area contributed by atoms with E-state index >= 15 is 0 Å². The number of hydrogen-bond donors (Lipinski definition) is 1. The Morgan fingerprint density at radius 2 is 1.67 bits per heavy atom. The second kappa shape index (κ2) is 4.52. The molecule has 0 spiro atoms. The lowest BCUT2D eigenvalue weighted by Crippen LogP contribution is -2.55. The zero-order valence-electron chi connectivity index (χ0n) is 10.8. The molecular weight excluding hydrogens is 190 g/mol. The van der Waals surface area contributed by atoms with Crippen LogP contribution in [0.2, 0.25) is 0 Å². The van der Waals surface area contributed by atoms with Crippen molar-refractivity contribution in [1.82, 2.24) is 0 Å². The van der Waals surface area contributed by atoms with Crippen LogP contribution in [0, 0.1) is 10.8 Å². The van der Waals surface area contributed by atoms with Gasteiger partial charge in [0.05, 0.1) is 0 Å². The molecule has 89 valence electrons. The number of hydrogen-bond acceptors (Lipinski definition) is 3. The van der Waals surface area contributed by atoms with Gasteiger partial charge in [0.15, 0.2) is 5.72 Å². The molecule has 0 saturated carbocycles. The summed E-state index contributed by atoms with van der Waals surface area (Å²) in [5.41, 5.74) is 5.06. The van der Waals surface area contributed by atoms with E-state index in [9.17, 15) is 4.79 Å². The highest BCUT2D eigenvalue weighted by Gasteiger charge is 2.44. The van der Waals surface area contributed by atoms with Crippen molar-refractivity contribution in [1.29, 1.82) is 0 Å². The second-order valence-electron chi connectivity index (χ2n) is 6.05. The van der Waals surface area contributed by atoms with Gasteiger partial charge in [0.2, 0.25) is 0 Å². The fourth-order valence-corrected chi connectivity index (χ4v) is 2.24. The molecular formula is C12H24NO2. The summed E-state index contributed by atoms with van der Waals surface area (Å²) in [5.74, 6) is 0. The van der Waals surface area contributed by atoms with Crippen molar-refractivity contribution in [3.05, 3.63) is 0 Å². The van der Waals surface area contributed by atoms with Crippen molar-refractivity contribution >= 4 is 6.47 Å². The lowest BCUT2D eigenvalue weighted by Gasteiger charge is -2.44. The number of carbonyl (C=O) groups excluding carboxylic acids is 1. The van der Waals surface area contributed by atoms with E-state index in [1.807, 2.05) is 20.8 Å². The smallest absolute Gasteiger partial charge is 0.419 e. The average molecular weight is 214 g/mol. The summed E-state index contributed by atoms with van der Waals surface area (Å²) in [4.78, 5) is 10.4. The number of nitrogens with two attached hydrogens (primary N) is 1. The Hall–Kier alpha value is -0.570. The molecule has 0 aromatic carbocycles. The van der Waals surface area contributed by atoms with Gasteiger partial charge in [-0.25, -0.2) is 4.79 Å². The van der Waals surface area contributed by atoms with Crippen LogP contribution in [0.3, 0.4) is 0 Å². The van der Waals surface area contributed by atoms with E-state index in [0.29, 0.717) is 6.42 Å². The Morgan fingerprint density at radius 3 is 1.93 bits per heavy atom. The van der Waals surface area contributed by atoms with Crippen molar-refractivity contribution in [3.8, 4) is 0 Å². The normalized spacial score (nSPS) is 17.0. The summed E-state index contributed by atoms with van der Waals surface area (Å²) < 4.78 is 4.96. The van der Waals surface area contributed by atoms with Gasteiger partial charge < -0.3 is 4.74 Å². The summed E-state index contributed by atoms with van der Waals surface area (Å²) in [6.45, 7) is 13.9. The summed E-state index contributed by atoms with van der Waals surface area (Å²) in [6, 6.07) is 0. The minimum absolute atomic E-state index is 0.148. The predicted molar refractivity (Wildman–Crippen MR) is 61.8 cm³/mol. The lowest BCUT2D eigenvalue weighted by atomic mass is 9.69. The van der Waals surface area contributed by atoms with Crippen LogP contribution in [0.25, 0.3) is 0 Å². The van der Waals surface area contributed by atoms with Crippen molar-refractivity contribution in [3.63, 3.8) is 0 Å². The van der Waals surface area contributed by atoms with Crippen LogP contribution in [-0.2, 0) is 9.53 Å². The predicted octanol–water partition coefficient (Wildman–Crippen LogP) is 2.60. The molecule has 1 unspecified atom stereocenters. The first-order chi connectivity index (χ1) is 6.58. The molecule has 0 saturated heterocycles. The van der Waals surface area contributed by atoms with Crippen molar-refractivity contribution in [2.24, 2.45) is 16.6 Å². The van der Waals surface area contributed by atoms with Crippen LogP contribution in [0.4, 0.5) is 0 Å². The Balaban J connectivity index is 4.87. The molecule has 3 nitrogen and oxygen atoms in total. The van der Waals surface area contributed by atoms with Gasteiger partial charge in [-0.05, 0) is 18.3 Å². The molecule has 0 fully saturated rings. The van der Waals surface area contributed by atoms with E-state index in [2.05, 4.69) is 20.8 Å². The van der Waals surface area contributed by atoms with Gasteiger partial charge >= 0.3 is 6.47 Å². The third-order valence-electron chi connectivity index (χ3n) is 2.87. The molecule has 0 aliphatic carbocycles. The van der Waals surface area contributed by atoms with Gasteiger partial charge in [0.1, 0.15) is 0 Å². The lowest BCUT2D eigenvalue weighted by molar-refractivity contribution is -0.0716. The summed E-state index contributed by atoms with van der Waals surface area (Å²) in [6.07, 6.45) is 1.47. The molecule has 0 aromatic rings. The number of rotatable bonds is 5. The van der Waals surface area contributed by atoms with Crippen LogP contribution in [0.5, 0.6) is 0 Å². The monoisotopic (exact) mass is 214 g/mol. The van der Waals surface area contributed by atoms with Crippen LogP contribution < -0.4 is 5.73 Å². The molecule has 15 heavy (non-hydrogen) atoms. The topological polar surface area (TPSA) is 52.3 Å². The first kappa shape index (κ1) is 14.4. The largest absolute Gasteiger partial charge is 0.435 e. The Kier molecular flexibility index (Phi) is 4.35. The van der Waals surface area contributed by atoms with Gasteiger partial charge in [0.25, 0.3) is 0 Å². The molecule has 0 bridgehead atoms. The minimum atomic E-state index is -0.929. The van der Waals surface area contributed by atoms with E-state index in [1.165, 1.54) is 6.47 Å². The van der Waals surface area contributed by atoms with Crippen LogP contribution in [0.1, 0.15) is 54.4 Å². The molecule has 0 rings (SSSR count). The standard InChI is InChI=1S/C12H24NO2/c1-7-12(13,15-9-14)11(5,6)8-10(2,3)4/h7-8,13H2,1-6H3. The van der Waals surface area contributed by atoms with E-state index in [-0.39, 0.29) is 10.8 Å². The van der Waals surface area contributed by atoms with Gasteiger partial charge in [0, 0.05) is 5.41 Å². The van der Waals surface area contributed by atoms with E-state index < -0.39 is 5.72 Å². The summed E-state index contributed by atoms with van der Waals surface area (Å²) in [5, 5.41) is 0. The molecule has 0 aliphatic rings. The molecule has 0 aromatic heterocycles. The first-order valence-electron chi connectivity index (χ1n) is 5.42. The van der Waals surface area contributed by atoms with Crippen LogP contribution in [0.15, 0.2) is 0 Å². The third kappa shape index (κ3) is 3.82. The molecule has 0 aliphatic heterocycles. The molecule has 0 amide bonds. The van der Waals surface area contributed by atoms with Gasteiger partial charge in [-0.1, -0.05) is 41.5 Å². The first-order valence-corrected chi connectivity index (χ1v) is 5.42. The van der Waals surface area contributed by atoms with Crippen molar-refractivity contribution < 1.29 is 9.53 Å². The third-order valence-corrected chi connectivity index (χ3v) is 2.87. The zero-order valence-corrected chi connectivity index (χ0v) is 10.8. The van der Waals surface area contributed by atoms with E-state index in [1.54, 1.807) is 0 Å². The van der Waals surface area contributed by atoms with Gasteiger partial charge in [-0.2, -0.15) is 0 Å². The Morgan fingerprint density at radius 1 is 1.20 bits per heavy atom. The maximum atomic E-state index is 10.4.